The van der Waals surface area contributed by atoms with Gasteiger partial charge in [0.15, 0.2) is 0 Å². The van der Waals surface area contributed by atoms with E-state index in [0.717, 1.165) is 5.52 Å². The van der Waals surface area contributed by atoms with Crippen molar-refractivity contribution in [1.82, 2.24) is 4.57 Å². The molecule has 0 spiro atoms. The van der Waals surface area contributed by atoms with Crippen molar-refractivity contribution in [2.75, 3.05) is 6.61 Å². The highest BCUT2D eigenvalue weighted by Gasteiger charge is 2.21. The third-order valence-corrected chi connectivity index (χ3v) is 4.07. The SMILES string of the molecule is CCOC(=O)c1c(C)n(Cc2ccccc2F)c2ccc(O)cc12. The molecule has 3 aromatic rings. The molecule has 1 N–H and O–H groups in total. The number of phenols is 1. The number of hydrogen-bond acceptors (Lipinski definition) is 3. The standard InChI is InChI=1S/C19H18FNO3/c1-3-24-19(23)18-12(2)21(11-13-6-4-5-7-16(13)20)17-9-8-14(22)10-15(17)18/h4-10,22H,3,11H2,1-2H3. The molecule has 0 bridgehead atoms. The van der Waals surface area contributed by atoms with Gasteiger partial charge in [0.25, 0.3) is 0 Å². The predicted molar refractivity (Wildman–Crippen MR) is 89.8 cm³/mol. The van der Waals surface area contributed by atoms with Gasteiger partial charge in [0, 0.05) is 22.2 Å². The number of carbonyl (C=O) groups is 1. The van der Waals surface area contributed by atoms with Crippen molar-refractivity contribution in [2.24, 2.45) is 0 Å². The predicted octanol–water partition coefficient (Wildman–Crippen LogP) is 4.02. The molecular formula is C19H18FNO3. The van der Waals surface area contributed by atoms with Gasteiger partial charge in [-0.2, -0.15) is 0 Å². The summed E-state index contributed by atoms with van der Waals surface area (Å²) in [6, 6.07) is 11.3. The summed E-state index contributed by atoms with van der Waals surface area (Å²) in [5.74, 6) is -0.677. The number of phenolic OH excluding ortho intramolecular Hbond substituents is 1. The number of halogens is 1. The van der Waals surface area contributed by atoms with E-state index in [-0.39, 0.29) is 18.2 Å². The molecule has 0 aliphatic rings. The van der Waals surface area contributed by atoms with Gasteiger partial charge < -0.3 is 14.4 Å². The minimum absolute atomic E-state index is 0.0658. The highest BCUT2D eigenvalue weighted by Crippen LogP contribution is 2.30. The van der Waals surface area contributed by atoms with Crippen LogP contribution >= 0.6 is 0 Å². The van der Waals surface area contributed by atoms with Crippen molar-refractivity contribution in [2.45, 2.75) is 20.4 Å². The van der Waals surface area contributed by atoms with E-state index in [9.17, 15) is 14.3 Å². The van der Waals surface area contributed by atoms with Gasteiger partial charge in [-0.05, 0) is 38.1 Å². The van der Waals surface area contributed by atoms with Crippen LogP contribution < -0.4 is 0 Å². The van der Waals surface area contributed by atoms with Gasteiger partial charge in [0.1, 0.15) is 11.6 Å². The fraction of sp³-hybridized carbons (Fsp3) is 0.211. The monoisotopic (exact) mass is 327 g/mol. The Balaban J connectivity index is 2.19. The number of ether oxygens (including phenoxy) is 1. The topological polar surface area (TPSA) is 51.5 Å². The van der Waals surface area contributed by atoms with Crippen molar-refractivity contribution < 1.29 is 19.0 Å². The molecule has 0 aliphatic heterocycles. The summed E-state index contributed by atoms with van der Waals surface area (Å²) in [5, 5.41) is 10.4. The molecule has 4 nitrogen and oxygen atoms in total. The quantitative estimate of drug-likeness (QED) is 0.736. The number of aromatic nitrogens is 1. The number of fused-ring (bicyclic) bond motifs is 1. The first-order valence-electron chi connectivity index (χ1n) is 7.75. The molecule has 1 heterocycles. The lowest BCUT2D eigenvalue weighted by Crippen LogP contribution is -2.08. The van der Waals surface area contributed by atoms with Crippen LogP contribution in [-0.4, -0.2) is 22.2 Å². The zero-order valence-corrected chi connectivity index (χ0v) is 13.5. The lowest BCUT2D eigenvalue weighted by molar-refractivity contribution is 0.0527. The Morgan fingerprint density at radius 3 is 2.71 bits per heavy atom. The molecule has 3 rings (SSSR count). The fourth-order valence-electron chi connectivity index (χ4n) is 2.93. The number of aromatic hydroxyl groups is 1. The van der Waals surface area contributed by atoms with Crippen LogP contribution in [0.2, 0.25) is 0 Å². The second kappa shape index (κ2) is 6.35. The molecule has 0 atom stereocenters. The average Bonchev–Trinajstić information content (AvgIpc) is 2.81. The van der Waals surface area contributed by atoms with Crippen molar-refractivity contribution in [1.29, 1.82) is 0 Å². The third-order valence-electron chi connectivity index (χ3n) is 4.07. The summed E-state index contributed by atoms with van der Waals surface area (Å²) in [4.78, 5) is 12.3. The number of rotatable bonds is 4. The van der Waals surface area contributed by atoms with Crippen LogP contribution in [0.1, 0.15) is 28.5 Å². The number of nitrogens with zero attached hydrogens (tertiary/aromatic N) is 1. The first kappa shape index (κ1) is 16.1. The van der Waals surface area contributed by atoms with Gasteiger partial charge >= 0.3 is 5.97 Å². The summed E-state index contributed by atoms with van der Waals surface area (Å²) in [6.07, 6.45) is 0. The number of carbonyl (C=O) groups excluding carboxylic acids is 1. The molecule has 5 heteroatoms. The van der Waals surface area contributed by atoms with Gasteiger partial charge in [-0.25, -0.2) is 9.18 Å². The highest BCUT2D eigenvalue weighted by molar-refractivity contribution is 6.06. The first-order valence-corrected chi connectivity index (χ1v) is 7.75. The second-order valence-electron chi connectivity index (χ2n) is 5.56. The van der Waals surface area contributed by atoms with Gasteiger partial charge in [-0.1, -0.05) is 18.2 Å². The van der Waals surface area contributed by atoms with Gasteiger partial charge in [0.05, 0.1) is 18.7 Å². The largest absolute Gasteiger partial charge is 0.508 e. The maximum absolute atomic E-state index is 14.0. The van der Waals surface area contributed by atoms with E-state index in [4.69, 9.17) is 4.74 Å². The van der Waals surface area contributed by atoms with Crippen LogP contribution in [0.15, 0.2) is 42.5 Å². The van der Waals surface area contributed by atoms with Crippen LogP contribution in [-0.2, 0) is 11.3 Å². The molecule has 0 aliphatic carbocycles. The molecule has 0 saturated carbocycles. The first-order chi connectivity index (χ1) is 11.5. The lowest BCUT2D eigenvalue weighted by atomic mass is 10.1. The average molecular weight is 327 g/mol. The summed E-state index contributed by atoms with van der Waals surface area (Å²) in [7, 11) is 0. The van der Waals surface area contributed by atoms with Gasteiger partial charge in [0.2, 0.25) is 0 Å². The van der Waals surface area contributed by atoms with Crippen LogP contribution in [0, 0.1) is 12.7 Å². The maximum atomic E-state index is 14.0. The minimum Gasteiger partial charge on any atom is -0.508 e. The number of hydrogen-bond donors (Lipinski definition) is 1. The summed E-state index contributed by atoms with van der Waals surface area (Å²) in [6.45, 7) is 4.09. The Kier molecular flexibility index (Phi) is 4.25. The van der Waals surface area contributed by atoms with Gasteiger partial charge in [-0.3, -0.25) is 0 Å². The maximum Gasteiger partial charge on any atom is 0.340 e. The number of benzene rings is 2. The lowest BCUT2D eigenvalue weighted by Gasteiger charge is -2.10. The molecule has 1 aromatic heterocycles. The van der Waals surface area contributed by atoms with Crippen LogP contribution in [0.4, 0.5) is 4.39 Å². The molecule has 0 unspecified atom stereocenters. The molecule has 0 radical (unpaired) electrons. The van der Waals surface area contributed by atoms with E-state index in [0.29, 0.717) is 28.8 Å². The molecular weight excluding hydrogens is 309 g/mol. The summed E-state index contributed by atoms with van der Waals surface area (Å²) < 4.78 is 21.0. The Morgan fingerprint density at radius 1 is 1.25 bits per heavy atom. The number of esters is 1. The Morgan fingerprint density at radius 2 is 2.00 bits per heavy atom. The van der Waals surface area contributed by atoms with Crippen molar-refractivity contribution >= 4 is 16.9 Å². The van der Waals surface area contributed by atoms with E-state index in [1.165, 1.54) is 12.1 Å². The zero-order valence-electron chi connectivity index (χ0n) is 13.5. The molecule has 24 heavy (non-hydrogen) atoms. The van der Waals surface area contributed by atoms with Crippen LogP contribution in [0.5, 0.6) is 5.75 Å². The van der Waals surface area contributed by atoms with E-state index in [1.807, 2.05) is 4.57 Å². The molecule has 124 valence electrons. The molecule has 2 aromatic carbocycles. The van der Waals surface area contributed by atoms with E-state index >= 15 is 0 Å². The van der Waals surface area contributed by atoms with E-state index in [1.54, 1.807) is 44.2 Å². The minimum atomic E-state index is -0.446. The fourth-order valence-corrected chi connectivity index (χ4v) is 2.93. The van der Waals surface area contributed by atoms with Crippen molar-refractivity contribution in [3.63, 3.8) is 0 Å². The molecule has 0 fully saturated rings. The second-order valence-corrected chi connectivity index (χ2v) is 5.56. The molecule has 0 saturated heterocycles. The van der Waals surface area contributed by atoms with Crippen LogP contribution in [0.25, 0.3) is 10.9 Å². The van der Waals surface area contributed by atoms with E-state index in [2.05, 4.69) is 0 Å². The smallest absolute Gasteiger partial charge is 0.340 e. The van der Waals surface area contributed by atoms with Crippen molar-refractivity contribution in [3.05, 3.63) is 65.1 Å². The van der Waals surface area contributed by atoms with Gasteiger partial charge in [-0.15, -0.1) is 0 Å². The Labute approximate surface area is 139 Å². The third kappa shape index (κ3) is 2.73. The Hall–Kier alpha value is -2.82. The highest BCUT2D eigenvalue weighted by atomic mass is 19.1. The normalized spacial score (nSPS) is 11.0. The Bertz CT molecular complexity index is 914. The van der Waals surface area contributed by atoms with E-state index < -0.39 is 5.97 Å². The van der Waals surface area contributed by atoms with Crippen LogP contribution in [0.3, 0.4) is 0 Å². The summed E-state index contributed by atoms with van der Waals surface area (Å²) >= 11 is 0. The zero-order chi connectivity index (χ0) is 17.3. The molecule has 0 amide bonds. The summed E-state index contributed by atoms with van der Waals surface area (Å²) in [5.41, 5.74) is 2.36. The van der Waals surface area contributed by atoms with Crippen molar-refractivity contribution in [3.8, 4) is 5.75 Å².